The number of aryl methyl sites for hydroxylation is 2. The molecule has 18 heavy (non-hydrogen) atoms. The second-order valence-electron chi connectivity index (χ2n) is 5.90. The molecule has 1 saturated carbocycles. The molecule has 2 N–H and O–H groups in total. The third-order valence-electron chi connectivity index (χ3n) is 4.27. The van der Waals surface area contributed by atoms with Crippen molar-refractivity contribution in [1.29, 1.82) is 0 Å². The molecule has 100 valence electrons. The van der Waals surface area contributed by atoms with Crippen LogP contribution in [0.1, 0.15) is 42.5 Å². The van der Waals surface area contributed by atoms with Crippen LogP contribution >= 0.6 is 0 Å². The molecule has 0 amide bonds. The van der Waals surface area contributed by atoms with E-state index in [2.05, 4.69) is 50.9 Å². The molecule has 2 rings (SSSR count). The summed E-state index contributed by atoms with van der Waals surface area (Å²) in [5, 5.41) is 0. The Balaban J connectivity index is 2.15. The molecule has 2 nitrogen and oxygen atoms in total. The van der Waals surface area contributed by atoms with Gasteiger partial charge in [0.15, 0.2) is 0 Å². The zero-order valence-electron chi connectivity index (χ0n) is 12.1. The van der Waals surface area contributed by atoms with Gasteiger partial charge in [0.2, 0.25) is 0 Å². The Bertz CT molecular complexity index is 389. The van der Waals surface area contributed by atoms with Crippen LogP contribution in [-0.2, 0) is 0 Å². The van der Waals surface area contributed by atoms with Crippen LogP contribution in [0.3, 0.4) is 0 Å². The quantitative estimate of drug-likeness (QED) is 0.865. The molecule has 0 spiro atoms. The normalized spacial score (nSPS) is 19.0. The van der Waals surface area contributed by atoms with Crippen LogP contribution in [-0.4, -0.2) is 24.5 Å². The lowest BCUT2D eigenvalue weighted by molar-refractivity contribution is 0.170. The summed E-state index contributed by atoms with van der Waals surface area (Å²) < 4.78 is 0. The van der Waals surface area contributed by atoms with Crippen LogP contribution < -0.4 is 5.73 Å². The maximum atomic E-state index is 5.95. The molecule has 0 aliphatic heterocycles. The fourth-order valence-corrected chi connectivity index (χ4v) is 2.95. The van der Waals surface area contributed by atoms with E-state index in [0.29, 0.717) is 12.1 Å². The second kappa shape index (κ2) is 5.41. The van der Waals surface area contributed by atoms with Gasteiger partial charge < -0.3 is 5.73 Å². The van der Waals surface area contributed by atoms with Crippen molar-refractivity contribution >= 4 is 0 Å². The third-order valence-corrected chi connectivity index (χ3v) is 4.27. The molecule has 1 aromatic rings. The Morgan fingerprint density at radius 3 is 2.22 bits per heavy atom. The van der Waals surface area contributed by atoms with E-state index in [0.717, 1.165) is 12.5 Å². The van der Waals surface area contributed by atoms with E-state index in [1.165, 1.54) is 29.5 Å². The van der Waals surface area contributed by atoms with Gasteiger partial charge in [-0.15, -0.1) is 0 Å². The molecule has 0 radical (unpaired) electrons. The highest BCUT2D eigenvalue weighted by molar-refractivity contribution is 5.30. The van der Waals surface area contributed by atoms with Crippen molar-refractivity contribution in [3.05, 3.63) is 34.9 Å². The minimum Gasteiger partial charge on any atom is -0.329 e. The van der Waals surface area contributed by atoms with E-state index in [9.17, 15) is 0 Å². The molecule has 0 saturated heterocycles. The van der Waals surface area contributed by atoms with Crippen LogP contribution in [0.5, 0.6) is 0 Å². The van der Waals surface area contributed by atoms with Crippen molar-refractivity contribution in [2.45, 2.75) is 45.7 Å². The number of nitrogens with zero attached hydrogens (tertiary/aromatic N) is 1. The van der Waals surface area contributed by atoms with Gasteiger partial charge in [-0.05, 0) is 52.1 Å². The Hall–Kier alpha value is -0.860. The van der Waals surface area contributed by atoms with Crippen molar-refractivity contribution in [3.63, 3.8) is 0 Å². The predicted molar refractivity (Wildman–Crippen MR) is 77.7 cm³/mol. The van der Waals surface area contributed by atoms with Crippen LogP contribution in [0.25, 0.3) is 0 Å². The maximum Gasteiger partial charge on any atom is 0.0320 e. The lowest BCUT2D eigenvalue weighted by atomic mass is 9.99. The summed E-state index contributed by atoms with van der Waals surface area (Å²) in [4.78, 5) is 2.46. The highest BCUT2D eigenvalue weighted by atomic mass is 15.2. The molecule has 2 atom stereocenters. The second-order valence-corrected chi connectivity index (χ2v) is 5.90. The zero-order valence-corrected chi connectivity index (χ0v) is 12.1. The molecule has 1 fully saturated rings. The average molecular weight is 246 g/mol. The summed E-state index contributed by atoms with van der Waals surface area (Å²) in [6.45, 7) is 7.41. The molecule has 2 unspecified atom stereocenters. The molecule has 0 heterocycles. The van der Waals surface area contributed by atoms with Gasteiger partial charge in [-0.1, -0.05) is 29.3 Å². The summed E-state index contributed by atoms with van der Waals surface area (Å²) >= 11 is 0. The first-order chi connectivity index (χ1) is 8.52. The van der Waals surface area contributed by atoms with Crippen molar-refractivity contribution in [1.82, 2.24) is 4.90 Å². The standard InChI is InChI=1S/C16H26N2/c1-11-7-12(2)9-15(8-11)13(3)18(4)16(10-17)14-5-6-14/h7-9,13-14,16H,5-6,10,17H2,1-4H3. The van der Waals surface area contributed by atoms with Crippen LogP contribution in [0.2, 0.25) is 0 Å². The molecule has 1 aliphatic rings. The van der Waals surface area contributed by atoms with Crippen molar-refractivity contribution in [2.24, 2.45) is 11.7 Å². The average Bonchev–Trinajstić information content (AvgIpc) is 3.12. The van der Waals surface area contributed by atoms with Gasteiger partial charge in [0.05, 0.1) is 0 Å². The minimum atomic E-state index is 0.442. The predicted octanol–water partition coefficient (Wildman–Crippen LogP) is 3.03. The van der Waals surface area contributed by atoms with Crippen LogP contribution in [0, 0.1) is 19.8 Å². The Morgan fingerprint density at radius 1 is 1.22 bits per heavy atom. The first kappa shape index (κ1) is 13.6. The Kier molecular flexibility index (Phi) is 4.08. The van der Waals surface area contributed by atoms with Gasteiger partial charge in [-0.2, -0.15) is 0 Å². The van der Waals surface area contributed by atoms with Crippen molar-refractivity contribution in [3.8, 4) is 0 Å². The number of rotatable bonds is 5. The first-order valence-electron chi connectivity index (χ1n) is 7.03. The van der Waals surface area contributed by atoms with Gasteiger partial charge in [0, 0.05) is 18.6 Å². The first-order valence-corrected chi connectivity index (χ1v) is 7.03. The van der Waals surface area contributed by atoms with E-state index < -0.39 is 0 Å². The number of nitrogens with two attached hydrogens (primary N) is 1. The highest BCUT2D eigenvalue weighted by Crippen LogP contribution is 2.37. The number of hydrogen-bond acceptors (Lipinski definition) is 2. The van der Waals surface area contributed by atoms with E-state index in [1.807, 2.05) is 0 Å². The monoisotopic (exact) mass is 246 g/mol. The fourth-order valence-electron chi connectivity index (χ4n) is 2.95. The largest absolute Gasteiger partial charge is 0.329 e. The highest BCUT2D eigenvalue weighted by Gasteiger charge is 2.34. The fraction of sp³-hybridized carbons (Fsp3) is 0.625. The maximum absolute atomic E-state index is 5.95. The van der Waals surface area contributed by atoms with Gasteiger partial charge in [0.1, 0.15) is 0 Å². The Labute approximate surface area is 111 Å². The number of benzene rings is 1. The van der Waals surface area contributed by atoms with Crippen molar-refractivity contribution in [2.75, 3.05) is 13.6 Å². The summed E-state index contributed by atoms with van der Waals surface area (Å²) in [7, 11) is 2.22. The molecule has 0 aromatic heterocycles. The van der Waals surface area contributed by atoms with Gasteiger partial charge in [-0.25, -0.2) is 0 Å². The topological polar surface area (TPSA) is 29.3 Å². The van der Waals surface area contributed by atoms with Crippen LogP contribution in [0.4, 0.5) is 0 Å². The summed E-state index contributed by atoms with van der Waals surface area (Å²) in [6, 6.07) is 7.82. The Morgan fingerprint density at radius 2 is 1.78 bits per heavy atom. The minimum absolute atomic E-state index is 0.442. The summed E-state index contributed by atoms with van der Waals surface area (Å²) in [6.07, 6.45) is 2.71. The van der Waals surface area contributed by atoms with Gasteiger partial charge >= 0.3 is 0 Å². The van der Waals surface area contributed by atoms with E-state index in [1.54, 1.807) is 0 Å². The molecule has 1 aliphatic carbocycles. The molecule has 0 bridgehead atoms. The zero-order chi connectivity index (χ0) is 13.3. The summed E-state index contributed by atoms with van der Waals surface area (Å²) in [5.41, 5.74) is 10.1. The number of likely N-dealkylation sites (N-methyl/N-ethyl adjacent to an activating group) is 1. The summed E-state index contributed by atoms with van der Waals surface area (Å²) in [5.74, 6) is 0.827. The smallest absolute Gasteiger partial charge is 0.0320 e. The number of hydrogen-bond donors (Lipinski definition) is 1. The molecule has 2 heteroatoms. The molecular weight excluding hydrogens is 220 g/mol. The van der Waals surface area contributed by atoms with Crippen molar-refractivity contribution < 1.29 is 0 Å². The lowest BCUT2D eigenvalue weighted by Gasteiger charge is -2.33. The van der Waals surface area contributed by atoms with E-state index in [4.69, 9.17) is 5.73 Å². The molecular formula is C16H26N2. The van der Waals surface area contributed by atoms with Crippen LogP contribution in [0.15, 0.2) is 18.2 Å². The van der Waals surface area contributed by atoms with E-state index >= 15 is 0 Å². The van der Waals surface area contributed by atoms with E-state index in [-0.39, 0.29) is 0 Å². The third kappa shape index (κ3) is 2.93. The van der Waals surface area contributed by atoms with Gasteiger partial charge in [0.25, 0.3) is 0 Å². The van der Waals surface area contributed by atoms with Gasteiger partial charge in [-0.3, -0.25) is 4.90 Å². The molecule has 1 aromatic carbocycles. The lowest BCUT2D eigenvalue weighted by Crippen LogP contribution is -2.41. The SMILES string of the molecule is Cc1cc(C)cc(C(C)N(C)C(CN)C2CC2)c1.